The molecule has 0 bridgehead atoms. The molecule has 0 spiro atoms. The highest BCUT2D eigenvalue weighted by Gasteiger charge is 2.14. The van der Waals surface area contributed by atoms with E-state index in [2.05, 4.69) is 75.7 Å². The Kier molecular flexibility index (Phi) is 4.01. The summed E-state index contributed by atoms with van der Waals surface area (Å²) in [6.45, 7) is 0. The van der Waals surface area contributed by atoms with Crippen LogP contribution in [0.3, 0.4) is 0 Å². The normalized spacial score (nSPS) is 11.2. The van der Waals surface area contributed by atoms with Gasteiger partial charge in [0.05, 0.1) is 11.9 Å². The molecule has 0 aliphatic heterocycles. The maximum atomic E-state index is 4.41. The number of anilines is 1. The maximum Gasteiger partial charge on any atom is 0.146 e. The van der Waals surface area contributed by atoms with E-state index < -0.39 is 0 Å². The van der Waals surface area contributed by atoms with Crippen LogP contribution in [-0.2, 0) is 7.05 Å². The minimum atomic E-state index is 0.722. The van der Waals surface area contributed by atoms with Crippen LogP contribution in [0.5, 0.6) is 0 Å². The topological polar surface area (TPSA) is 42.2 Å². The van der Waals surface area contributed by atoms with E-state index in [4.69, 9.17) is 0 Å². The average molecular weight is 326 g/mol. The van der Waals surface area contributed by atoms with Gasteiger partial charge in [0, 0.05) is 29.7 Å². The number of fused-ring (bicyclic) bond motifs is 1. The molecule has 2 heterocycles. The van der Waals surface area contributed by atoms with E-state index >= 15 is 0 Å². The number of hydrogen-bond acceptors (Lipinski definition) is 3. The number of aromatic nitrogens is 2. The van der Waals surface area contributed by atoms with Gasteiger partial charge in [-0.1, -0.05) is 54.6 Å². The highest BCUT2D eigenvalue weighted by atomic mass is 15.3. The second-order valence-electron chi connectivity index (χ2n) is 5.79. The van der Waals surface area contributed by atoms with Crippen LogP contribution in [0.25, 0.3) is 22.2 Å². The van der Waals surface area contributed by atoms with Crippen molar-refractivity contribution in [3.8, 4) is 11.3 Å². The molecule has 4 nitrogen and oxygen atoms in total. The molecule has 25 heavy (non-hydrogen) atoms. The summed E-state index contributed by atoms with van der Waals surface area (Å²) in [6.07, 6.45) is 3.62. The SMILES string of the molecule is Cn1c(-c2ccccc2)c(/C=N/Nc2ccccn2)c2ccccc21. The second kappa shape index (κ2) is 6.61. The lowest BCUT2D eigenvalue weighted by atomic mass is 10.1. The fraction of sp³-hybridized carbons (Fsp3) is 0.0476. The summed E-state index contributed by atoms with van der Waals surface area (Å²) in [5, 5.41) is 5.59. The van der Waals surface area contributed by atoms with Crippen molar-refractivity contribution < 1.29 is 0 Å². The van der Waals surface area contributed by atoms with Crippen LogP contribution >= 0.6 is 0 Å². The van der Waals surface area contributed by atoms with E-state index in [0.717, 1.165) is 17.1 Å². The van der Waals surface area contributed by atoms with Gasteiger partial charge in [0.15, 0.2) is 0 Å². The molecule has 0 unspecified atom stereocenters. The lowest BCUT2D eigenvalue weighted by Crippen LogP contribution is -1.96. The van der Waals surface area contributed by atoms with Crippen LogP contribution in [0, 0.1) is 0 Å². The van der Waals surface area contributed by atoms with Crippen LogP contribution < -0.4 is 5.43 Å². The molecule has 2 aromatic heterocycles. The van der Waals surface area contributed by atoms with Crippen molar-refractivity contribution in [3.63, 3.8) is 0 Å². The first kappa shape index (κ1) is 15.1. The van der Waals surface area contributed by atoms with Crippen molar-refractivity contribution in [1.82, 2.24) is 9.55 Å². The fourth-order valence-electron chi connectivity index (χ4n) is 3.09. The fourth-order valence-corrected chi connectivity index (χ4v) is 3.09. The Morgan fingerprint density at radius 3 is 2.48 bits per heavy atom. The zero-order chi connectivity index (χ0) is 17.1. The Morgan fingerprint density at radius 1 is 0.920 bits per heavy atom. The zero-order valence-corrected chi connectivity index (χ0v) is 13.9. The average Bonchev–Trinajstić information content (AvgIpc) is 2.96. The predicted molar refractivity (Wildman–Crippen MR) is 104 cm³/mol. The predicted octanol–water partition coefficient (Wildman–Crippen LogP) is 4.69. The first-order chi connectivity index (χ1) is 12.3. The Balaban J connectivity index is 1.81. The molecule has 4 heteroatoms. The van der Waals surface area contributed by atoms with Gasteiger partial charge >= 0.3 is 0 Å². The monoisotopic (exact) mass is 326 g/mol. The van der Waals surface area contributed by atoms with Gasteiger partial charge in [0.25, 0.3) is 0 Å². The van der Waals surface area contributed by atoms with E-state index in [9.17, 15) is 0 Å². The van der Waals surface area contributed by atoms with Crippen molar-refractivity contribution in [3.05, 3.63) is 84.6 Å². The van der Waals surface area contributed by atoms with E-state index in [0.29, 0.717) is 0 Å². The molecule has 1 N–H and O–H groups in total. The number of hydrazone groups is 1. The summed E-state index contributed by atoms with van der Waals surface area (Å²) < 4.78 is 2.22. The number of rotatable bonds is 4. The Morgan fingerprint density at radius 2 is 1.68 bits per heavy atom. The molecule has 0 aliphatic carbocycles. The number of para-hydroxylation sites is 1. The first-order valence-electron chi connectivity index (χ1n) is 8.17. The molecule has 122 valence electrons. The molecule has 0 atom stereocenters. The van der Waals surface area contributed by atoms with Gasteiger partial charge < -0.3 is 4.57 Å². The molecule has 4 aromatic rings. The highest BCUT2D eigenvalue weighted by Crippen LogP contribution is 2.31. The quantitative estimate of drug-likeness (QED) is 0.437. The number of nitrogens with zero attached hydrogens (tertiary/aromatic N) is 3. The summed E-state index contributed by atoms with van der Waals surface area (Å²) in [7, 11) is 2.09. The zero-order valence-electron chi connectivity index (χ0n) is 13.9. The minimum Gasteiger partial charge on any atom is -0.343 e. The first-order valence-corrected chi connectivity index (χ1v) is 8.17. The van der Waals surface area contributed by atoms with E-state index in [1.165, 1.54) is 16.5 Å². The van der Waals surface area contributed by atoms with E-state index in [-0.39, 0.29) is 0 Å². The number of aryl methyl sites for hydroxylation is 1. The minimum absolute atomic E-state index is 0.722. The lowest BCUT2D eigenvalue weighted by Gasteiger charge is -2.06. The van der Waals surface area contributed by atoms with Crippen molar-refractivity contribution in [2.75, 3.05) is 5.43 Å². The third kappa shape index (κ3) is 2.90. The molecule has 2 aromatic carbocycles. The maximum absolute atomic E-state index is 4.41. The molecule has 0 radical (unpaired) electrons. The number of hydrogen-bond donors (Lipinski definition) is 1. The molecule has 4 rings (SSSR count). The molecule has 0 saturated carbocycles. The summed E-state index contributed by atoms with van der Waals surface area (Å²) >= 11 is 0. The Hall–Kier alpha value is -3.40. The standard InChI is InChI=1S/C21H18N4/c1-25-19-12-6-5-11-17(19)18(21(25)16-9-3-2-4-10-16)15-23-24-20-13-7-8-14-22-20/h2-15H,1H3,(H,22,24)/b23-15+. The molecular weight excluding hydrogens is 308 g/mol. The molecule has 0 fully saturated rings. The number of nitrogens with one attached hydrogen (secondary N) is 1. The van der Waals surface area contributed by atoms with E-state index in [1.807, 2.05) is 30.5 Å². The van der Waals surface area contributed by atoms with Crippen LogP contribution in [0.1, 0.15) is 5.56 Å². The summed E-state index contributed by atoms with van der Waals surface area (Å²) in [4.78, 5) is 4.23. The number of benzene rings is 2. The summed E-state index contributed by atoms with van der Waals surface area (Å²) in [5.74, 6) is 0.722. The summed E-state index contributed by atoms with van der Waals surface area (Å²) in [5.41, 5.74) is 7.58. The highest BCUT2D eigenvalue weighted by molar-refractivity contribution is 6.06. The third-order valence-corrected chi connectivity index (χ3v) is 4.23. The second-order valence-corrected chi connectivity index (χ2v) is 5.79. The van der Waals surface area contributed by atoms with Gasteiger partial charge in [-0.3, -0.25) is 5.43 Å². The molecule has 0 saturated heterocycles. The van der Waals surface area contributed by atoms with Gasteiger partial charge in [-0.2, -0.15) is 5.10 Å². The van der Waals surface area contributed by atoms with Crippen LogP contribution in [-0.4, -0.2) is 15.8 Å². The van der Waals surface area contributed by atoms with Crippen molar-refractivity contribution in [2.45, 2.75) is 0 Å². The summed E-state index contributed by atoms with van der Waals surface area (Å²) in [6, 6.07) is 24.5. The number of pyridine rings is 1. The van der Waals surface area contributed by atoms with Gasteiger partial charge in [-0.15, -0.1) is 0 Å². The van der Waals surface area contributed by atoms with Gasteiger partial charge in [0.1, 0.15) is 5.82 Å². The lowest BCUT2D eigenvalue weighted by molar-refractivity contribution is 0.977. The van der Waals surface area contributed by atoms with Gasteiger partial charge in [-0.05, 0) is 23.8 Å². The smallest absolute Gasteiger partial charge is 0.146 e. The van der Waals surface area contributed by atoms with Crippen molar-refractivity contribution >= 4 is 22.9 Å². The molecular formula is C21H18N4. The van der Waals surface area contributed by atoms with Crippen molar-refractivity contribution in [2.24, 2.45) is 12.1 Å². The molecule has 0 amide bonds. The van der Waals surface area contributed by atoms with Gasteiger partial charge in [-0.25, -0.2) is 4.98 Å². The van der Waals surface area contributed by atoms with Crippen LogP contribution in [0.15, 0.2) is 84.1 Å². The molecule has 0 aliphatic rings. The van der Waals surface area contributed by atoms with E-state index in [1.54, 1.807) is 6.20 Å². The van der Waals surface area contributed by atoms with Crippen LogP contribution in [0.2, 0.25) is 0 Å². The van der Waals surface area contributed by atoms with Crippen LogP contribution in [0.4, 0.5) is 5.82 Å². The third-order valence-electron chi connectivity index (χ3n) is 4.23. The van der Waals surface area contributed by atoms with Gasteiger partial charge in [0.2, 0.25) is 0 Å². The Labute approximate surface area is 146 Å². The largest absolute Gasteiger partial charge is 0.343 e. The van der Waals surface area contributed by atoms with Crippen molar-refractivity contribution in [1.29, 1.82) is 0 Å². The Bertz CT molecular complexity index is 1020.